The molecule has 1 unspecified atom stereocenters. The topological polar surface area (TPSA) is 88.2 Å². The minimum atomic E-state index is 0.237. The van der Waals surface area contributed by atoms with E-state index < -0.39 is 0 Å². The summed E-state index contributed by atoms with van der Waals surface area (Å²) in [5.41, 5.74) is 7.29. The quantitative estimate of drug-likeness (QED) is 0.778. The molecule has 0 aliphatic heterocycles. The van der Waals surface area contributed by atoms with Gasteiger partial charge in [0.15, 0.2) is 5.82 Å². The molecule has 0 fully saturated rings. The second kappa shape index (κ2) is 6.47. The van der Waals surface area contributed by atoms with Gasteiger partial charge in [-0.05, 0) is 38.3 Å². The second-order valence-corrected chi connectivity index (χ2v) is 4.96. The number of hydrogen-bond donors (Lipinski definition) is 2. The first-order valence-electron chi connectivity index (χ1n) is 6.85. The molecule has 0 aliphatic rings. The third kappa shape index (κ3) is 3.14. The van der Waals surface area contributed by atoms with E-state index in [2.05, 4.69) is 26.8 Å². The lowest BCUT2D eigenvalue weighted by atomic mass is 10.1. The van der Waals surface area contributed by atoms with Crippen LogP contribution in [0.25, 0.3) is 11.0 Å². The molecule has 3 N–H and O–H groups in total. The zero-order valence-corrected chi connectivity index (χ0v) is 12.0. The van der Waals surface area contributed by atoms with Gasteiger partial charge in [0, 0.05) is 25.9 Å². The van der Waals surface area contributed by atoms with Gasteiger partial charge in [0.1, 0.15) is 5.52 Å². The summed E-state index contributed by atoms with van der Waals surface area (Å²) >= 11 is 0. The Kier molecular flexibility index (Phi) is 4.68. The van der Waals surface area contributed by atoms with E-state index in [0.717, 1.165) is 36.1 Å². The van der Waals surface area contributed by atoms with Crippen molar-refractivity contribution in [2.45, 2.75) is 32.2 Å². The number of pyridine rings is 1. The third-order valence-corrected chi connectivity index (χ3v) is 3.48. The summed E-state index contributed by atoms with van der Waals surface area (Å²) in [4.78, 5) is 15.0. The second-order valence-electron chi connectivity index (χ2n) is 4.96. The lowest BCUT2D eigenvalue weighted by Crippen LogP contribution is -2.30. The first-order valence-corrected chi connectivity index (χ1v) is 6.85. The summed E-state index contributed by atoms with van der Waals surface area (Å²) in [6, 6.07) is 4.01. The molecule has 2 aromatic rings. The van der Waals surface area contributed by atoms with E-state index in [1.54, 1.807) is 6.20 Å². The van der Waals surface area contributed by atoms with Gasteiger partial charge in [0.2, 0.25) is 5.95 Å². The van der Waals surface area contributed by atoms with Crippen molar-refractivity contribution >= 4 is 22.8 Å². The van der Waals surface area contributed by atoms with E-state index in [1.165, 1.54) is 0 Å². The standard InChI is InChI=1S/C14H21N5O/c1-10(6-3-4-9-20)19(2)13-12-11(7-5-8-16-12)17-14(15)18-13/h5,7-8,10,20H,3-4,6,9H2,1-2H3,(H2,15,17,18). The number of nitrogens with zero attached hydrogens (tertiary/aromatic N) is 4. The smallest absolute Gasteiger partial charge is 0.222 e. The van der Waals surface area contributed by atoms with Gasteiger partial charge >= 0.3 is 0 Å². The first-order chi connectivity index (χ1) is 9.63. The van der Waals surface area contributed by atoms with Gasteiger partial charge in [0.05, 0.1) is 5.52 Å². The summed E-state index contributed by atoms with van der Waals surface area (Å²) in [5.74, 6) is 1.01. The number of aliphatic hydroxyl groups excluding tert-OH is 1. The molecule has 20 heavy (non-hydrogen) atoms. The van der Waals surface area contributed by atoms with E-state index in [1.807, 2.05) is 19.2 Å². The predicted molar refractivity (Wildman–Crippen MR) is 80.5 cm³/mol. The van der Waals surface area contributed by atoms with Gasteiger partial charge in [0.25, 0.3) is 0 Å². The normalized spacial score (nSPS) is 12.6. The van der Waals surface area contributed by atoms with Crippen LogP contribution in [0, 0.1) is 0 Å². The average molecular weight is 275 g/mol. The number of fused-ring (bicyclic) bond motifs is 1. The minimum Gasteiger partial charge on any atom is -0.396 e. The van der Waals surface area contributed by atoms with Crippen molar-refractivity contribution in [2.24, 2.45) is 0 Å². The predicted octanol–water partition coefficient (Wildman–Crippen LogP) is 1.59. The summed E-state index contributed by atoms with van der Waals surface area (Å²) in [5, 5.41) is 8.85. The lowest BCUT2D eigenvalue weighted by molar-refractivity contribution is 0.281. The van der Waals surface area contributed by atoms with Gasteiger partial charge in [-0.3, -0.25) is 4.98 Å². The monoisotopic (exact) mass is 275 g/mol. The summed E-state index contributed by atoms with van der Waals surface area (Å²) in [6.07, 6.45) is 4.52. The van der Waals surface area contributed by atoms with Crippen LogP contribution in [-0.2, 0) is 0 Å². The highest BCUT2D eigenvalue weighted by molar-refractivity contribution is 5.86. The molecule has 0 aliphatic carbocycles. The Hall–Kier alpha value is -1.95. The first kappa shape index (κ1) is 14.5. The Morgan fingerprint density at radius 1 is 1.35 bits per heavy atom. The van der Waals surface area contributed by atoms with Crippen molar-refractivity contribution in [3.8, 4) is 0 Å². The van der Waals surface area contributed by atoms with Crippen molar-refractivity contribution in [1.29, 1.82) is 0 Å². The van der Waals surface area contributed by atoms with Crippen LogP contribution in [0.2, 0.25) is 0 Å². The number of anilines is 2. The molecule has 1 atom stereocenters. The highest BCUT2D eigenvalue weighted by atomic mass is 16.2. The molecule has 0 spiro atoms. The fourth-order valence-electron chi connectivity index (χ4n) is 2.17. The van der Waals surface area contributed by atoms with Gasteiger partial charge in [-0.15, -0.1) is 0 Å². The summed E-state index contributed by atoms with van der Waals surface area (Å²) < 4.78 is 0. The Morgan fingerprint density at radius 3 is 2.90 bits per heavy atom. The van der Waals surface area contributed by atoms with Gasteiger partial charge in [-0.1, -0.05) is 0 Å². The molecular weight excluding hydrogens is 254 g/mol. The van der Waals surface area contributed by atoms with E-state index in [-0.39, 0.29) is 12.6 Å². The fraction of sp³-hybridized carbons (Fsp3) is 0.500. The average Bonchev–Trinajstić information content (AvgIpc) is 2.45. The number of nitrogen functional groups attached to an aromatic ring is 1. The largest absolute Gasteiger partial charge is 0.396 e. The maximum atomic E-state index is 8.85. The van der Waals surface area contributed by atoms with Gasteiger partial charge < -0.3 is 15.7 Å². The van der Waals surface area contributed by atoms with Crippen LogP contribution in [0.3, 0.4) is 0 Å². The maximum Gasteiger partial charge on any atom is 0.222 e. The zero-order valence-electron chi connectivity index (χ0n) is 12.0. The van der Waals surface area contributed by atoms with Crippen molar-refractivity contribution in [3.05, 3.63) is 18.3 Å². The zero-order chi connectivity index (χ0) is 14.5. The van der Waals surface area contributed by atoms with Crippen LogP contribution in [0.5, 0.6) is 0 Å². The van der Waals surface area contributed by atoms with Crippen molar-refractivity contribution in [1.82, 2.24) is 15.0 Å². The van der Waals surface area contributed by atoms with E-state index in [0.29, 0.717) is 6.04 Å². The van der Waals surface area contributed by atoms with Gasteiger partial charge in [-0.25, -0.2) is 4.98 Å². The van der Waals surface area contributed by atoms with E-state index >= 15 is 0 Å². The molecule has 2 aromatic heterocycles. The highest BCUT2D eigenvalue weighted by Gasteiger charge is 2.16. The Labute approximate surface area is 118 Å². The van der Waals surface area contributed by atoms with Crippen LogP contribution in [0.4, 0.5) is 11.8 Å². The number of aromatic nitrogens is 3. The lowest BCUT2D eigenvalue weighted by Gasteiger charge is -2.26. The molecule has 0 aromatic carbocycles. The number of aliphatic hydroxyl groups is 1. The van der Waals surface area contributed by atoms with Crippen LogP contribution in [-0.4, -0.2) is 39.8 Å². The van der Waals surface area contributed by atoms with Crippen LogP contribution < -0.4 is 10.6 Å². The van der Waals surface area contributed by atoms with Crippen LogP contribution >= 0.6 is 0 Å². The van der Waals surface area contributed by atoms with Crippen molar-refractivity contribution in [3.63, 3.8) is 0 Å². The molecule has 2 heterocycles. The molecule has 6 heteroatoms. The number of unbranched alkanes of at least 4 members (excludes halogenated alkanes) is 1. The Morgan fingerprint density at radius 2 is 2.15 bits per heavy atom. The Bertz CT molecular complexity index is 574. The number of nitrogens with two attached hydrogens (primary N) is 1. The molecule has 108 valence electrons. The molecule has 0 radical (unpaired) electrons. The number of hydrogen-bond acceptors (Lipinski definition) is 6. The third-order valence-electron chi connectivity index (χ3n) is 3.48. The van der Waals surface area contributed by atoms with Crippen molar-refractivity contribution < 1.29 is 5.11 Å². The molecule has 6 nitrogen and oxygen atoms in total. The van der Waals surface area contributed by atoms with E-state index in [9.17, 15) is 0 Å². The maximum absolute atomic E-state index is 8.85. The molecule has 0 amide bonds. The fourth-order valence-corrected chi connectivity index (χ4v) is 2.17. The van der Waals surface area contributed by atoms with Gasteiger partial charge in [-0.2, -0.15) is 4.98 Å². The molecule has 0 saturated carbocycles. The molecule has 0 bridgehead atoms. The Balaban J connectivity index is 2.27. The SMILES string of the molecule is CC(CCCCO)N(C)c1nc(N)nc2cccnc12. The van der Waals surface area contributed by atoms with E-state index in [4.69, 9.17) is 10.8 Å². The molecular formula is C14H21N5O. The van der Waals surface area contributed by atoms with Crippen molar-refractivity contribution in [2.75, 3.05) is 24.3 Å². The molecule has 0 saturated heterocycles. The summed E-state index contributed by atoms with van der Waals surface area (Å²) in [6.45, 7) is 2.37. The number of rotatable bonds is 6. The summed E-state index contributed by atoms with van der Waals surface area (Å²) in [7, 11) is 1.99. The molecule has 2 rings (SSSR count). The van der Waals surface area contributed by atoms with Crippen LogP contribution in [0.15, 0.2) is 18.3 Å². The minimum absolute atomic E-state index is 0.237. The van der Waals surface area contributed by atoms with Crippen LogP contribution in [0.1, 0.15) is 26.2 Å². The highest BCUT2D eigenvalue weighted by Crippen LogP contribution is 2.24.